The summed E-state index contributed by atoms with van der Waals surface area (Å²) in [6.07, 6.45) is 3.74. The Morgan fingerprint density at radius 3 is 2.78 bits per heavy atom. The molecule has 3 rings (SSSR count). The van der Waals surface area contributed by atoms with E-state index in [-0.39, 0.29) is 12.5 Å². The largest absolute Gasteiger partial charge is 0.491 e. The third-order valence-corrected chi connectivity index (χ3v) is 5.14. The molecule has 0 radical (unpaired) electrons. The number of para-hydroxylation sites is 1. The van der Waals surface area contributed by atoms with E-state index in [0.29, 0.717) is 25.9 Å². The van der Waals surface area contributed by atoms with Crippen molar-refractivity contribution < 1.29 is 14.6 Å². The van der Waals surface area contributed by atoms with Gasteiger partial charge in [-0.25, -0.2) is 0 Å². The number of benzene rings is 1. The summed E-state index contributed by atoms with van der Waals surface area (Å²) >= 11 is 0. The van der Waals surface area contributed by atoms with Crippen LogP contribution in [0.1, 0.15) is 25.0 Å². The zero-order chi connectivity index (χ0) is 19.3. The predicted octanol–water partition coefficient (Wildman–Crippen LogP) is 1.96. The quantitative estimate of drug-likeness (QED) is 0.810. The van der Waals surface area contributed by atoms with Crippen LogP contribution in [0.5, 0.6) is 5.75 Å². The lowest BCUT2D eigenvalue weighted by molar-refractivity contribution is -0.117. The van der Waals surface area contributed by atoms with Gasteiger partial charge >= 0.3 is 0 Å². The number of nitrogens with one attached hydrogen (secondary N) is 1. The highest BCUT2D eigenvalue weighted by Crippen LogP contribution is 2.24. The van der Waals surface area contributed by atoms with Crippen molar-refractivity contribution in [1.82, 2.24) is 14.7 Å². The van der Waals surface area contributed by atoms with Crippen molar-refractivity contribution in [2.24, 2.45) is 7.05 Å². The van der Waals surface area contributed by atoms with Gasteiger partial charge in [-0.1, -0.05) is 18.2 Å². The van der Waals surface area contributed by atoms with Gasteiger partial charge in [0.1, 0.15) is 12.4 Å². The van der Waals surface area contributed by atoms with Gasteiger partial charge in [-0.3, -0.25) is 14.4 Å². The Labute approximate surface area is 159 Å². The number of likely N-dealkylation sites (tertiary alicyclic amines) is 1. The maximum absolute atomic E-state index is 12.3. The van der Waals surface area contributed by atoms with Crippen LogP contribution >= 0.6 is 0 Å². The normalized spacial score (nSPS) is 20.9. The molecule has 2 aromatic rings. The van der Waals surface area contributed by atoms with Crippen molar-refractivity contribution in [3.05, 3.63) is 42.2 Å². The molecule has 146 valence electrons. The van der Waals surface area contributed by atoms with Crippen LogP contribution in [0, 0.1) is 6.92 Å². The Balaban J connectivity index is 1.48. The number of carbonyl (C=O) groups excluding carboxylic acids is 1. The molecule has 1 aromatic carbocycles. The number of hydrogen-bond donors (Lipinski definition) is 2. The van der Waals surface area contributed by atoms with Gasteiger partial charge in [-0.15, -0.1) is 0 Å². The van der Waals surface area contributed by atoms with E-state index >= 15 is 0 Å². The van der Waals surface area contributed by atoms with Gasteiger partial charge in [0.15, 0.2) is 0 Å². The van der Waals surface area contributed by atoms with E-state index in [4.69, 9.17) is 4.74 Å². The molecule has 2 heterocycles. The number of carbonyl (C=O) groups is 1. The fourth-order valence-electron chi connectivity index (χ4n) is 3.29. The standard InChI is InChI=1S/C20H28N4O3/c1-16-18(13-21-23(16)2)22-19(25)14-24-11-6-9-20(26,10-12-24)15-27-17-7-4-3-5-8-17/h3-5,7-8,13,26H,6,9-12,14-15H2,1-2H3,(H,22,25). The Bertz CT molecular complexity index is 762. The fraction of sp³-hybridized carbons (Fsp3) is 0.500. The van der Waals surface area contributed by atoms with Gasteiger partial charge in [0, 0.05) is 13.6 Å². The lowest BCUT2D eigenvalue weighted by atomic mass is 9.96. The smallest absolute Gasteiger partial charge is 0.238 e. The molecule has 1 aromatic heterocycles. The van der Waals surface area contributed by atoms with Gasteiger partial charge in [-0.05, 0) is 44.9 Å². The first-order valence-corrected chi connectivity index (χ1v) is 9.36. The van der Waals surface area contributed by atoms with E-state index in [0.717, 1.165) is 30.1 Å². The van der Waals surface area contributed by atoms with Crippen molar-refractivity contribution in [1.29, 1.82) is 0 Å². The van der Waals surface area contributed by atoms with Crippen LogP contribution in [0.4, 0.5) is 5.69 Å². The van der Waals surface area contributed by atoms with E-state index in [9.17, 15) is 9.90 Å². The molecule has 1 aliphatic rings. The van der Waals surface area contributed by atoms with Crippen LogP contribution in [-0.4, -0.2) is 57.5 Å². The Hall–Kier alpha value is -2.38. The first kappa shape index (κ1) is 19.4. The molecule has 27 heavy (non-hydrogen) atoms. The van der Waals surface area contributed by atoms with Crippen molar-refractivity contribution >= 4 is 11.6 Å². The summed E-state index contributed by atoms with van der Waals surface area (Å²) in [5.41, 5.74) is 0.804. The molecule has 1 atom stereocenters. The van der Waals surface area contributed by atoms with Crippen molar-refractivity contribution in [3.63, 3.8) is 0 Å². The predicted molar refractivity (Wildman–Crippen MR) is 104 cm³/mol. The number of anilines is 1. The maximum Gasteiger partial charge on any atom is 0.238 e. The second-order valence-electron chi connectivity index (χ2n) is 7.27. The number of nitrogens with zero attached hydrogens (tertiary/aromatic N) is 3. The lowest BCUT2D eigenvalue weighted by Gasteiger charge is -2.27. The number of aryl methyl sites for hydroxylation is 1. The van der Waals surface area contributed by atoms with E-state index in [2.05, 4.69) is 15.3 Å². The van der Waals surface area contributed by atoms with Gasteiger partial charge in [0.25, 0.3) is 0 Å². The summed E-state index contributed by atoms with van der Waals surface area (Å²) in [5.74, 6) is 0.704. The summed E-state index contributed by atoms with van der Waals surface area (Å²) in [6, 6.07) is 9.53. The fourth-order valence-corrected chi connectivity index (χ4v) is 3.29. The van der Waals surface area contributed by atoms with Crippen LogP contribution in [0.3, 0.4) is 0 Å². The number of aromatic nitrogens is 2. The molecule has 1 unspecified atom stereocenters. The highest BCUT2D eigenvalue weighted by molar-refractivity contribution is 5.92. The highest BCUT2D eigenvalue weighted by atomic mass is 16.5. The number of amides is 1. The van der Waals surface area contributed by atoms with Crippen LogP contribution in [0.2, 0.25) is 0 Å². The lowest BCUT2D eigenvalue weighted by Crippen LogP contribution is -2.38. The number of rotatable bonds is 6. The second-order valence-corrected chi connectivity index (χ2v) is 7.27. The van der Waals surface area contributed by atoms with Crippen LogP contribution < -0.4 is 10.1 Å². The number of hydrogen-bond acceptors (Lipinski definition) is 5. The van der Waals surface area contributed by atoms with Crippen molar-refractivity contribution in [3.8, 4) is 5.75 Å². The molecule has 0 bridgehead atoms. The molecule has 1 amide bonds. The third-order valence-electron chi connectivity index (χ3n) is 5.14. The molecular weight excluding hydrogens is 344 g/mol. The Morgan fingerprint density at radius 2 is 2.07 bits per heavy atom. The van der Waals surface area contributed by atoms with Gasteiger partial charge in [0.2, 0.25) is 5.91 Å². The van der Waals surface area contributed by atoms with Gasteiger partial charge in [0.05, 0.1) is 29.7 Å². The minimum Gasteiger partial charge on any atom is -0.491 e. The van der Waals surface area contributed by atoms with Crippen LogP contribution in [-0.2, 0) is 11.8 Å². The molecule has 0 spiro atoms. The summed E-state index contributed by atoms with van der Waals surface area (Å²) in [7, 11) is 1.85. The summed E-state index contributed by atoms with van der Waals surface area (Å²) in [5, 5.41) is 17.9. The minimum absolute atomic E-state index is 0.0583. The summed E-state index contributed by atoms with van der Waals surface area (Å²) < 4.78 is 7.49. The first-order chi connectivity index (χ1) is 13.0. The molecule has 2 N–H and O–H groups in total. The molecule has 7 nitrogen and oxygen atoms in total. The van der Waals surface area contributed by atoms with E-state index in [1.165, 1.54) is 0 Å². The Morgan fingerprint density at radius 1 is 1.30 bits per heavy atom. The van der Waals surface area contributed by atoms with Crippen molar-refractivity contribution in [2.45, 2.75) is 31.8 Å². The summed E-state index contributed by atoms with van der Waals surface area (Å²) in [4.78, 5) is 14.4. The van der Waals surface area contributed by atoms with Gasteiger partial charge in [-0.2, -0.15) is 5.10 Å². The average Bonchev–Trinajstić information content (AvgIpc) is 2.86. The van der Waals surface area contributed by atoms with Crippen LogP contribution in [0.15, 0.2) is 36.5 Å². The molecule has 1 fully saturated rings. The molecule has 0 saturated carbocycles. The first-order valence-electron chi connectivity index (χ1n) is 9.36. The van der Waals surface area contributed by atoms with Gasteiger partial charge < -0.3 is 15.2 Å². The zero-order valence-electron chi connectivity index (χ0n) is 16.0. The topological polar surface area (TPSA) is 79.6 Å². The average molecular weight is 372 g/mol. The Kier molecular flexibility index (Phi) is 6.13. The monoisotopic (exact) mass is 372 g/mol. The van der Waals surface area contributed by atoms with Crippen molar-refractivity contribution in [2.75, 3.05) is 31.6 Å². The molecule has 7 heteroatoms. The summed E-state index contributed by atoms with van der Waals surface area (Å²) in [6.45, 7) is 3.94. The number of ether oxygens (including phenoxy) is 1. The third kappa shape index (κ3) is 5.30. The number of aliphatic hydroxyl groups is 1. The second kappa shape index (κ2) is 8.54. The van der Waals surface area contributed by atoms with E-state index < -0.39 is 5.60 Å². The zero-order valence-corrected chi connectivity index (χ0v) is 16.0. The van der Waals surface area contributed by atoms with Crippen LogP contribution in [0.25, 0.3) is 0 Å². The molecule has 1 aliphatic heterocycles. The SMILES string of the molecule is Cc1c(NC(=O)CN2CCCC(O)(COc3ccccc3)CC2)cnn1C. The molecular formula is C20H28N4O3. The molecule has 1 saturated heterocycles. The highest BCUT2D eigenvalue weighted by Gasteiger charge is 2.31. The van der Waals surface area contributed by atoms with E-state index in [1.807, 2.05) is 44.3 Å². The maximum atomic E-state index is 12.3. The molecule has 0 aliphatic carbocycles. The van der Waals surface area contributed by atoms with E-state index in [1.54, 1.807) is 10.9 Å². The minimum atomic E-state index is -0.860.